The van der Waals surface area contributed by atoms with Gasteiger partial charge in [0.25, 0.3) is 0 Å². The lowest BCUT2D eigenvalue weighted by Gasteiger charge is -2.12. The smallest absolute Gasteiger partial charge is 0.109 e. The third kappa shape index (κ3) is 3.45. The van der Waals surface area contributed by atoms with E-state index in [1.807, 2.05) is 24.3 Å². The first kappa shape index (κ1) is 12.4. The molecule has 84 valence electrons. The summed E-state index contributed by atoms with van der Waals surface area (Å²) >= 11 is 0. The molecule has 0 fully saturated rings. The number of hydrogen-bond donors (Lipinski definition) is 1. The SMILES string of the molecule is COCC(N)c1ccc(P(C)(C)=O)cc1. The van der Waals surface area contributed by atoms with Crippen molar-refractivity contribution in [2.75, 3.05) is 27.0 Å². The average molecular weight is 227 g/mol. The molecule has 4 heteroatoms. The highest BCUT2D eigenvalue weighted by molar-refractivity contribution is 7.70. The fourth-order valence-electron chi connectivity index (χ4n) is 1.36. The highest BCUT2D eigenvalue weighted by atomic mass is 31.2. The van der Waals surface area contributed by atoms with Crippen molar-refractivity contribution in [3.05, 3.63) is 29.8 Å². The van der Waals surface area contributed by atoms with E-state index in [1.165, 1.54) is 0 Å². The molecule has 15 heavy (non-hydrogen) atoms. The van der Waals surface area contributed by atoms with Gasteiger partial charge < -0.3 is 15.0 Å². The zero-order valence-corrected chi connectivity index (χ0v) is 10.3. The molecule has 0 heterocycles. The van der Waals surface area contributed by atoms with E-state index in [2.05, 4.69) is 0 Å². The van der Waals surface area contributed by atoms with Gasteiger partial charge in [-0.2, -0.15) is 0 Å². The summed E-state index contributed by atoms with van der Waals surface area (Å²) in [6.07, 6.45) is 0. The molecular weight excluding hydrogens is 209 g/mol. The van der Waals surface area contributed by atoms with Crippen LogP contribution in [-0.2, 0) is 9.30 Å². The van der Waals surface area contributed by atoms with Gasteiger partial charge in [-0.05, 0) is 18.9 Å². The molecule has 0 amide bonds. The van der Waals surface area contributed by atoms with Crippen molar-refractivity contribution >= 4 is 12.4 Å². The van der Waals surface area contributed by atoms with Crippen LogP contribution in [0.5, 0.6) is 0 Å². The number of hydrogen-bond acceptors (Lipinski definition) is 3. The van der Waals surface area contributed by atoms with Gasteiger partial charge in [-0.1, -0.05) is 24.3 Å². The van der Waals surface area contributed by atoms with Crippen molar-refractivity contribution in [1.82, 2.24) is 0 Å². The van der Waals surface area contributed by atoms with Gasteiger partial charge in [0.15, 0.2) is 0 Å². The van der Waals surface area contributed by atoms with E-state index in [0.717, 1.165) is 10.9 Å². The summed E-state index contributed by atoms with van der Waals surface area (Å²) in [4.78, 5) is 0. The predicted molar refractivity (Wildman–Crippen MR) is 64.3 cm³/mol. The number of nitrogens with two attached hydrogens (primary N) is 1. The third-order valence-electron chi connectivity index (χ3n) is 2.29. The minimum atomic E-state index is -2.16. The van der Waals surface area contributed by atoms with Gasteiger partial charge in [-0.3, -0.25) is 0 Å². The topological polar surface area (TPSA) is 52.3 Å². The van der Waals surface area contributed by atoms with Gasteiger partial charge in [-0.15, -0.1) is 0 Å². The lowest BCUT2D eigenvalue weighted by atomic mass is 10.1. The molecule has 0 saturated carbocycles. The zero-order valence-electron chi connectivity index (χ0n) is 9.43. The highest BCUT2D eigenvalue weighted by Crippen LogP contribution is 2.34. The quantitative estimate of drug-likeness (QED) is 0.794. The summed E-state index contributed by atoms with van der Waals surface area (Å²) in [5.74, 6) is 0. The van der Waals surface area contributed by atoms with Crippen molar-refractivity contribution in [3.8, 4) is 0 Å². The van der Waals surface area contributed by atoms with Gasteiger partial charge in [0.05, 0.1) is 12.6 Å². The van der Waals surface area contributed by atoms with Crippen molar-refractivity contribution in [1.29, 1.82) is 0 Å². The Hall–Kier alpha value is -0.630. The molecule has 1 atom stereocenters. The maximum Gasteiger partial charge on any atom is 0.109 e. The van der Waals surface area contributed by atoms with E-state index in [0.29, 0.717) is 6.61 Å². The second-order valence-electron chi connectivity index (χ2n) is 4.00. The Morgan fingerprint density at radius 3 is 2.27 bits per heavy atom. The first-order valence-electron chi connectivity index (χ1n) is 4.85. The highest BCUT2D eigenvalue weighted by Gasteiger charge is 2.11. The van der Waals surface area contributed by atoms with Gasteiger partial charge in [0.2, 0.25) is 0 Å². The molecule has 0 aromatic heterocycles. The molecule has 3 nitrogen and oxygen atoms in total. The van der Waals surface area contributed by atoms with E-state index < -0.39 is 7.14 Å². The monoisotopic (exact) mass is 227 g/mol. The number of methoxy groups -OCH3 is 1. The van der Waals surface area contributed by atoms with Crippen LogP contribution >= 0.6 is 7.14 Å². The Bertz CT molecular complexity index is 355. The van der Waals surface area contributed by atoms with Gasteiger partial charge in [0, 0.05) is 12.4 Å². The maximum atomic E-state index is 11.8. The first-order valence-corrected chi connectivity index (χ1v) is 7.45. The summed E-state index contributed by atoms with van der Waals surface area (Å²) in [7, 11) is -0.530. The van der Waals surface area contributed by atoms with Crippen LogP contribution in [0.3, 0.4) is 0 Å². The van der Waals surface area contributed by atoms with Crippen LogP contribution < -0.4 is 11.0 Å². The minimum Gasteiger partial charge on any atom is -0.383 e. The fourth-order valence-corrected chi connectivity index (χ4v) is 2.22. The summed E-state index contributed by atoms with van der Waals surface area (Å²) in [6, 6.07) is 7.48. The molecule has 1 aromatic carbocycles. The van der Waals surface area contributed by atoms with Crippen LogP contribution in [0.15, 0.2) is 24.3 Å². The summed E-state index contributed by atoms with van der Waals surface area (Å²) in [5, 5.41) is 0.885. The average Bonchev–Trinajstić information content (AvgIpc) is 2.17. The van der Waals surface area contributed by atoms with Crippen LogP contribution in [0.2, 0.25) is 0 Å². The second kappa shape index (κ2) is 4.93. The Balaban J connectivity index is 2.85. The van der Waals surface area contributed by atoms with E-state index in [9.17, 15) is 4.57 Å². The lowest BCUT2D eigenvalue weighted by Crippen LogP contribution is -2.16. The van der Waals surface area contributed by atoms with Crippen molar-refractivity contribution in [2.45, 2.75) is 6.04 Å². The van der Waals surface area contributed by atoms with E-state index >= 15 is 0 Å². The normalized spacial score (nSPS) is 13.9. The van der Waals surface area contributed by atoms with Gasteiger partial charge in [0.1, 0.15) is 7.14 Å². The van der Waals surface area contributed by atoms with Crippen molar-refractivity contribution in [2.24, 2.45) is 5.73 Å². The van der Waals surface area contributed by atoms with Crippen molar-refractivity contribution < 1.29 is 9.30 Å². The molecule has 0 aliphatic heterocycles. The molecule has 0 spiro atoms. The van der Waals surface area contributed by atoms with Crippen molar-refractivity contribution in [3.63, 3.8) is 0 Å². The molecule has 0 aliphatic carbocycles. The second-order valence-corrected chi connectivity index (χ2v) is 7.22. The number of ether oxygens (including phenoxy) is 1. The Kier molecular flexibility index (Phi) is 4.09. The Morgan fingerprint density at radius 2 is 1.87 bits per heavy atom. The predicted octanol–water partition coefficient (Wildman–Crippen LogP) is 1.58. The van der Waals surface area contributed by atoms with Crippen LogP contribution in [0.25, 0.3) is 0 Å². The third-order valence-corrected chi connectivity index (χ3v) is 3.83. The number of benzene rings is 1. The van der Waals surface area contributed by atoms with Gasteiger partial charge in [-0.25, -0.2) is 0 Å². The Labute approximate surface area is 91.0 Å². The summed E-state index contributed by atoms with van der Waals surface area (Å²) < 4.78 is 16.7. The Morgan fingerprint density at radius 1 is 1.33 bits per heavy atom. The summed E-state index contributed by atoms with van der Waals surface area (Å²) in [5.41, 5.74) is 6.88. The molecule has 0 saturated heterocycles. The molecule has 1 rings (SSSR count). The van der Waals surface area contributed by atoms with Crippen LogP contribution in [-0.4, -0.2) is 27.0 Å². The van der Waals surface area contributed by atoms with E-state index in [-0.39, 0.29) is 6.04 Å². The molecule has 1 aromatic rings. The molecular formula is C11H18NO2P. The minimum absolute atomic E-state index is 0.114. The van der Waals surface area contributed by atoms with Crippen LogP contribution in [0.1, 0.15) is 11.6 Å². The standard InChI is InChI=1S/C11H18NO2P/c1-14-8-11(12)9-4-6-10(7-5-9)15(2,3)13/h4-7,11H,8,12H2,1-3H3. The lowest BCUT2D eigenvalue weighted by molar-refractivity contribution is 0.181. The molecule has 2 N–H and O–H groups in total. The molecule has 1 unspecified atom stereocenters. The van der Waals surface area contributed by atoms with E-state index in [4.69, 9.17) is 10.5 Å². The van der Waals surface area contributed by atoms with Gasteiger partial charge >= 0.3 is 0 Å². The maximum absolute atomic E-state index is 11.8. The molecule has 0 radical (unpaired) electrons. The largest absolute Gasteiger partial charge is 0.383 e. The first-order chi connectivity index (χ1) is 6.95. The zero-order chi connectivity index (χ0) is 11.5. The van der Waals surface area contributed by atoms with E-state index in [1.54, 1.807) is 20.4 Å². The molecule has 0 bridgehead atoms. The fraction of sp³-hybridized carbons (Fsp3) is 0.455. The molecule has 0 aliphatic rings. The summed E-state index contributed by atoms with van der Waals surface area (Å²) in [6.45, 7) is 4.02. The van der Waals surface area contributed by atoms with Crippen LogP contribution in [0, 0.1) is 0 Å². The van der Waals surface area contributed by atoms with Crippen LogP contribution in [0.4, 0.5) is 0 Å². The number of rotatable bonds is 4.